The molecule has 2 rings (SSSR count). The highest BCUT2D eigenvalue weighted by atomic mass is 32.2. The van der Waals surface area contributed by atoms with Crippen molar-refractivity contribution in [3.8, 4) is 0 Å². The highest BCUT2D eigenvalue weighted by molar-refractivity contribution is 7.91. The number of amides is 1. The minimum absolute atomic E-state index is 0.0584. The van der Waals surface area contributed by atoms with Gasteiger partial charge in [-0.25, -0.2) is 8.42 Å². The normalized spacial score (nSPS) is 19.9. The highest BCUT2D eigenvalue weighted by Crippen LogP contribution is 2.19. The van der Waals surface area contributed by atoms with E-state index in [1.807, 2.05) is 0 Å². The van der Waals surface area contributed by atoms with Crippen molar-refractivity contribution in [3.05, 3.63) is 35.4 Å². The molecule has 0 radical (unpaired) electrons. The van der Waals surface area contributed by atoms with E-state index >= 15 is 0 Å². The van der Waals surface area contributed by atoms with Crippen LogP contribution in [0.1, 0.15) is 24.0 Å². The van der Waals surface area contributed by atoms with Crippen LogP contribution in [0.2, 0.25) is 0 Å². The smallest absolute Gasteiger partial charge is 0.320 e. The fourth-order valence-electron chi connectivity index (χ4n) is 2.67. The van der Waals surface area contributed by atoms with E-state index in [0.29, 0.717) is 25.1 Å². The first kappa shape index (κ1) is 20.3. The van der Waals surface area contributed by atoms with Crippen molar-refractivity contribution >= 4 is 21.7 Å². The van der Waals surface area contributed by atoms with E-state index in [9.17, 15) is 18.0 Å². The third kappa shape index (κ3) is 6.08. The maximum absolute atomic E-state index is 12.1. The molecule has 1 saturated heterocycles. The molecule has 0 aromatic heterocycles. The second-order valence-electron chi connectivity index (χ2n) is 6.20. The van der Waals surface area contributed by atoms with Gasteiger partial charge in [-0.3, -0.25) is 9.59 Å². The molecular formula is C17H24N2O6S. The van der Waals surface area contributed by atoms with Gasteiger partial charge in [0.25, 0.3) is 0 Å². The summed E-state index contributed by atoms with van der Waals surface area (Å²) in [5.41, 5.74) is 6.93. The van der Waals surface area contributed by atoms with Crippen LogP contribution in [0.4, 0.5) is 0 Å². The van der Waals surface area contributed by atoms with E-state index < -0.39 is 27.7 Å². The molecule has 1 heterocycles. The molecule has 26 heavy (non-hydrogen) atoms. The van der Waals surface area contributed by atoms with E-state index in [1.54, 1.807) is 24.3 Å². The lowest BCUT2D eigenvalue weighted by Crippen LogP contribution is -2.35. The quantitative estimate of drug-likeness (QED) is 0.600. The predicted molar refractivity (Wildman–Crippen MR) is 94.7 cm³/mol. The molecule has 0 aliphatic carbocycles. The number of nitrogens with one attached hydrogen (secondary N) is 1. The summed E-state index contributed by atoms with van der Waals surface area (Å²) in [6, 6.07) is 6.79. The Labute approximate surface area is 153 Å². The van der Waals surface area contributed by atoms with Crippen LogP contribution in [0, 0.1) is 0 Å². The number of hydrogen-bond acceptors (Lipinski definition) is 7. The maximum atomic E-state index is 12.1. The van der Waals surface area contributed by atoms with Gasteiger partial charge in [-0.05, 0) is 24.0 Å². The summed E-state index contributed by atoms with van der Waals surface area (Å²) in [7, 11) is -2.43. The summed E-state index contributed by atoms with van der Waals surface area (Å²) < 4.78 is 33.7. The Morgan fingerprint density at radius 2 is 1.88 bits per heavy atom. The average Bonchev–Trinajstić information content (AvgIpc) is 3.09. The van der Waals surface area contributed by atoms with Crippen LogP contribution in [-0.2, 0) is 41.2 Å². The molecule has 0 spiro atoms. The number of methoxy groups -OCH3 is 1. The van der Waals surface area contributed by atoms with E-state index in [1.165, 1.54) is 0 Å². The largest absolute Gasteiger partial charge is 0.468 e. The van der Waals surface area contributed by atoms with Gasteiger partial charge in [0.1, 0.15) is 11.9 Å². The van der Waals surface area contributed by atoms with Crippen molar-refractivity contribution < 1.29 is 27.5 Å². The molecule has 0 bridgehead atoms. The molecule has 0 saturated carbocycles. The minimum Gasteiger partial charge on any atom is -0.468 e. The fourth-order valence-corrected chi connectivity index (χ4v) is 3.95. The van der Waals surface area contributed by atoms with Gasteiger partial charge < -0.3 is 20.5 Å². The van der Waals surface area contributed by atoms with Gasteiger partial charge in [0.05, 0.1) is 19.0 Å². The number of carbonyl (C=O) groups is 2. The molecule has 144 valence electrons. The number of ether oxygens (including phenoxy) is 2. The van der Waals surface area contributed by atoms with Gasteiger partial charge >= 0.3 is 5.97 Å². The second-order valence-corrected chi connectivity index (χ2v) is 8.27. The molecule has 1 fully saturated rings. The molecule has 1 aromatic rings. The molecule has 1 aliphatic rings. The first-order valence-electron chi connectivity index (χ1n) is 8.31. The van der Waals surface area contributed by atoms with Crippen LogP contribution in [0.5, 0.6) is 0 Å². The summed E-state index contributed by atoms with van der Waals surface area (Å²) >= 11 is 0. The first-order valence-corrected chi connectivity index (χ1v) is 10.1. The third-order valence-electron chi connectivity index (χ3n) is 4.10. The van der Waals surface area contributed by atoms with Crippen molar-refractivity contribution in [3.63, 3.8) is 0 Å². The predicted octanol–water partition coefficient (Wildman–Crippen LogP) is -0.103. The van der Waals surface area contributed by atoms with Crippen molar-refractivity contribution in [2.24, 2.45) is 5.73 Å². The van der Waals surface area contributed by atoms with Gasteiger partial charge in [-0.2, -0.15) is 0 Å². The van der Waals surface area contributed by atoms with Crippen LogP contribution >= 0.6 is 0 Å². The lowest BCUT2D eigenvalue weighted by Gasteiger charge is -2.13. The fraction of sp³-hybridized carbons (Fsp3) is 0.529. The second kappa shape index (κ2) is 9.11. The summed E-state index contributed by atoms with van der Waals surface area (Å²) in [6.45, 7) is 0.727. The topological polar surface area (TPSA) is 125 Å². The summed E-state index contributed by atoms with van der Waals surface area (Å²) in [4.78, 5) is 23.2. The molecule has 2 atom stereocenters. The Morgan fingerprint density at radius 3 is 2.46 bits per heavy atom. The summed E-state index contributed by atoms with van der Waals surface area (Å²) in [5.74, 6) is -1.85. The molecule has 3 N–H and O–H groups in total. The zero-order valence-corrected chi connectivity index (χ0v) is 15.5. The molecule has 1 aliphatic heterocycles. The van der Waals surface area contributed by atoms with E-state index in [4.69, 9.17) is 10.5 Å². The number of rotatable bonds is 8. The van der Waals surface area contributed by atoms with E-state index in [2.05, 4.69) is 10.1 Å². The van der Waals surface area contributed by atoms with Crippen molar-refractivity contribution in [2.75, 3.05) is 19.4 Å². The number of nitrogens with two attached hydrogens (primary N) is 1. The molecule has 1 amide bonds. The van der Waals surface area contributed by atoms with Crippen LogP contribution in [0.15, 0.2) is 24.3 Å². The molecule has 1 aromatic carbocycles. The Hall–Kier alpha value is -1.97. The van der Waals surface area contributed by atoms with E-state index in [-0.39, 0.29) is 17.8 Å². The number of sulfone groups is 1. The molecule has 0 unspecified atom stereocenters. The van der Waals surface area contributed by atoms with Crippen LogP contribution in [0.25, 0.3) is 0 Å². The molecule has 8 nitrogen and oxygen atoms in total. The van der Waals surface area contributed by atoms with Crippen LogP contribution in [0.3, 0.4) is 0 Å². The Kier molecular flexibility index (Phi) is 7.13. The van der Waals surface area contributed by atoms with Gasteiger partial charge in [0.2, 0.25) is 5.91 Å². The Bertz CT molecular complexity index is 732. The standard InChI is InChI=1S/C17H24N2O6S/c1-24-16(20)11-26(22,23)10-13-4-2-12(3-5-13)9-19-17(21)15-7-6-14(8-18)25-15/h2-5,14-15H,6-11,18H2,1H3,(H,19,21)/t14-,15+/m1/s1. The third-order valence-corrected chi connectivity index (χ3v) is 5.55. The van der Waals surface area contributed by atoms with Crippen molar-refractivity contribution in [1.29, 1.82) is 0 Å². The number of carbonyl (C=O) groups excluding carboxylic acids is 2. The first-order chi connectivity index (χ1) is 12.3. The summed E-state index contributed by atoms with van der Waals surface area (Å²) in [5, 5.41) is 2.80. The maximum Gasteiger partial charge on any atom is 0.320 e. The van der Waals surface area contributed by atoms with Gasteiger partial charge in [-0.1, -0.05) is 24.3 Å². The van der Waals surface area contributed by atoms with Crippen molar-refractivity contribution in [2.45, 2.75) is 37.3 Å². The van der Waals surface area contributed by atoms with Crippen LogP contribution < -0.4 is 11.1 Å². The Balaban J connectivity index is 1.84. The minimum atomic E-state index is -3.57. The van der Waals surface area contributed by atoms with Crippen LogP contribution in [-0.4, -0.2) is 51.9 Å². The average molecular weight is 384 g/mol. The lowest BCUT2D eigenvalue weighted by molar-refractivity contribution is -0.137. The molecular weight excluding hydrogens is 360 g/mol. The molecule has 9 heteroatoms. The monoisotopic (exact) mass is 384 g/mol. The number of benzene rings is 1. The van der Waals surface area contributed by atoms with Gasteiger partial charge in [0, 0.05) is 13.1 Å². The number of hydrogen-bond donors (Lipinski definition) is 2. The highest BCUT2D eigenvalue weighted by Gasteiger charge is 2.29. The van der Waals surface area contributed by atoms with E-state index in [0.717, 1.165) is 19.1 Å². The lowest BCUT2D eigenvalue weighted by atomic mass is 10.1. The van der Waals surface area contributed by atoms with Gasteiger partial charge in [-0.15, -0.1) is 0 Å². The summed E-state index contributed by atoms with van der Waals surface area (Å²) in [6.07, 6.45) is 0.914. The SMILES string of the molecule is COC(=O)CS(=O)(=O)Cc1ccc(CNC(=O)[C@@H]2CC[C@H](CN)O2)cc1. The zero-order chi connectivity index (χ0) is 19.2. The number of esters is 1. The van der Waals surface area contributed by atoms with Crippen molar-refractivity contribution in [1.82, 2.24) is 5.32 Å². The zero-order valence-electron chi connectivity index (χ0n) is 14.6. The van der Waals surface area contributed by atoms with Gasteiger partial charge in [0.15, 0.2) is 9.84 Å². The Morgan fingerprint density at radius 1 is 1.23 bits per heavy atom.